The minimum atomic E-state index is -1.91. The molecular formula is C54H73CoN21O15. The number of unbranched alkanes of at least 4 members (excludes halogenated alkanes) is 3. The molecule has 0 bridgehead atoms. The Kier molecular flexibility index (Phi) is 15.2. The topological polar surface area (TPSA) is 380 Å². The summed E-state index contributed by atoms with van der Waals surface area (Å²) < 4.78 is 34.1. The molecule has 2 aromatic heterocycles. The number of hydrogen-bond donors (Lipinski definition) is 7. The van der Waals surface area contributed by atoms with Crippen molar-refractivity contribution in [3.63, 3.8) is 0 Å². The molecule has 16 amide bonds. The molecule has 14 saturated heterocycles. The number of carbonyl (C=O) groups excluding carboxylic acids is 8. The van der Waals surface area contributed by atoms with Crippen LogP contribution in [0.2, 0.25) is 0 Å². The van der Waals surface area contributed by atoms with Crippen molar-refractivity contribution in [2.75, 3.05) is 100 Å². The summed E-state index contributed by atoms with van der Waals surface area (Å²) in [7, 11) is 5.50. The summed E-state index contributed by atoms with van der Waals surface area (Å²) in [6, 6.07) is 4.61. The summed E-state index contributed by atoms with van der Waals surface area (Å²) in [4.78, 5) is 136. The van der Waals surface area contributed by atoms with Gasteiger partial charge in [0.2, 0.25) is 0 Å². The third-order valence-corrected chi connectivity index (χ3v) is 21.2. The fourth-order valence-electron chi connectivity index (χ4n) is 17.3. The quantitative estimate of drug-likeness (QED) is 0.0883. The Morgan fingerprint density at radius 3 is 1.02 bits per heavy atom. The summed E-state index contributed by atoms with van der Waals surface area (Å²) >= 11 is 0. The first kappa shape index (κ1) is 62.4. The molecule has 16 heterocycles. The van der Waals surface area contributed by atoms with Crippen LogP contribution in [-0.4, -0.2) is 262 Å². The molecule has 15 aliphatic rings. The van der Waals surface area contributed by atoms with E-state index in [9.17, 15) is 43.5 Å². The van der Waals surface area contributed by atoms with Crippen LogP contribution in [0.1, 0.15) is 82.8 Å². The number of nitrogens with two attached hydrogens (primary N) is 2. The predicted octanol–water partition coefficient (Wildman–Crippen LogP) is -0.377. The first-order chi connectivity index (χ1) is 43.5. The smallest absolute Gasteiger partial charge is 0.486 e. The largest absolute Gasteiger partial charge is 2.00 e. The van der Waals surface area contributed by atoms with E-state index in [4.69, 9.17) is 28.4 Å². The molecule has 1 radical (unpaired) electrons. The normalized spacial score (nSPS) is 34.0. The molecule has 1 aliphatic carbocycles. The van der Waals surface area contributed by atoms with Crippen molar-refractivity contribution >= 4 is 48.2 Å². The maximum absolute atomic E-state index is 13.8. The van der Waals surface area contributed by atoms with Crippen molar-refractivity contribution in [2.45, 2.75) is 117 Å². The van der Waals surface area contributed by atoms with E-state index in [2.05, 4.69) is 61.7 Å². The summed E-state index contributed by atoms with van der Waals surface area (Å²) in [6.07, 6.45) is 8.86. The summed E-state index contributed by atoms with van der Waals surface area (Å²) in [6.45, 7) is 6.17. The fraction of sp³-hybridized carbons (Fsp3) is 0.630. The van der Waals surface area contributed by atoms with Crippen LogP contribution in [0.15, 0.2) is 36.7 Å². The SMILES string of the molecule is CC12N3COCN1C(=O)N1COCN(C3=O)C12CCCCN(CCCCC12N3COCN1C(=O)N1COCN(C3=O)C12C)CCCCC12N3COCN1C(=O)N1COCN(C3=O)C12O.O=C1NC23NC(=O)NC2(N1)c1cccnc1-c1ncccc13.[CH2-]N.[CH2-]N.[Co+2]. The molecule has 0 atom stereocenters. The van der Waals surface area contributed by atoms with Crippen LogP contribution in [0.5, 0.6) is 0 Å². The fourth-order valence-corrected chi connectivity index (χ4v) is 17.3. The van der Waals surface area contributed by atoms with Crippen molar-refractivity contribution in [3.8, 4) is 11.4 Å². The monoisotopic (exact) mass is 1310 g/mol. The second kappa shape index (κ2) is 22.1. The predicted molar refractivity (Wildman–Crippen MR) is 301 cm³/mol. The van der Waals surface area contributed by atoms with Crippen LogP contribution in [0, 0.1) is 14.1 Å². The van der Waals surface area contributed by atoms with E-state index < -0.39 is 57.6 Å². The molecule has 36 nitrogen and oxygen atoms in total. The number of amides is 16. The van der Waals surface area contributed by atoms with E-state index in [0.29, 0.717) is 87.1 Å². The molecule has 9 N–H and O–H groups in total. The van der Waals surface area contributed by atoms with Crippen molar-refractivity contribution < 1.29 is 88.7 Å². The number of urea groups is 8. The van der Waals surface area contributed by atoms with Gasteiger partial charge in [0.05, 0.1) is 11.4 Å². The number of ether oxygens (including phenoxy) is 6. The third-order valence-electron chi connectivity index (χ3n) is 21.2. The summed E-state index contributed by atoms with van der Waals surface area (Å²) in [5.74, 6) is -1.91. The van der Waals surface area contributed by atoms with Crippen LogP contribution >= 0.6 is 0 Å². The number of nitrogens with zero attached hydrogens (tertiary/aromatic N) is 15. The van der Waals surface area contributed by atoms with Gasteiger partial charge in [-0.15, -0.1) is 0 Å². The van der Waals surface area contributed by atoms with Gasteiger partial charge in [0, 0.05) is 23.5 Å². The van der Waals surface area contributed by atoms with E-state index in [-0.39, 0.29) is 134 Å². The molecule has 0 spiro atoms. The molecule has 0 saturated carbocycles. The minimum absolute atomic E-state index is 0. The van der Waals surface area contributed by atoms with Gasteiger partial charge < -0.3 is 71.2 Å². The van der Waals surface area contributed by atoms with Gasteiger partial charge in [-0.1, -0.05) is 12.1 Å². The number of carbonyl (C=O) groups is 8. The van der Waals surface area contributed by atoms with E-state index in [0.717, 1.165) is 12.8 Å². The molecular weight excluding hydrogens is 1240 g/mol. The van der Waals surface area contributed by atoms with Gasteiger partial charge in [0.25, 0.3) is 5.85 Å². The van der Waals surface area contributed by atoms with Crippen LogP contribution in [0.4, 0.5) is 38.4 Å². The van der Waals surface area contributed by atoms with Gasteiger partial charge in [-0.05, 0) is 103 Å². The average Bonchev–Trinajstić information content (AvgIpc) is 1.52. The van der Waals surface area contributed by atoms with E-state index in [1.54, 1.807) is 63.7 Å². The Morgan fingerprint density at radius 1 is 0.440 bits per heavy atom. The Morgan fingerprint density at radius 2 is 0.703 bits per heavy atom. The van der Waals surface area contributed by atoms with E-state index in [1.165, 1.54) is 19.6 Å². The Hall–Kier alpha value is -7.43. The van der Waals surface area contributed by atoms with Gasteiger partial charge >= 0.3 is 65.0 Å². The van der Waals surface area contributed by atoms with Crippen molar-refractivity contribution in [1.82, 2.24) is 94.9 Å². The number of hydrogen-bond acceptors (Lipinski definition) is 20. The molecule has 0 unspecified atom stereocenters. The Labute approximate surface area is 532 Å². The maximum Gasteiger partial charge on any atom is 2.00 e. The summed E-state index contributed by atoms with van der Waals surface area (Å²) in [5.41, 5.74) is 3.88. The van der Waals surface area contributed by atoms with Gasteiger partial charge in [0.1, 0.15) is 80.8 Å². The third kappa shape index (κ3) is 7.54. The zero-order valence-corrected chi connectivity index (χ0v) is 51.2. The van der Waals surface area contributed by atoms with E-state index in [1.807, 2.05) is 26.0 Å². The Bertz CT molecular complexity index is 2930. The van der Waals surface area contributed by atoms with Crippen LogP contribution in [-0.2, 0) is 56.5 Å². The van der Waals surface area contributed by atoms with E-state index >= 15 is 0 Å². The van der Waals surface area contributed by atoms with Crippen LogP contribution in [0.3, 0.4) is 0 Å². The average molecular weight is 1320 g/mol. The number of aliphatic hydroxyl groups is 1. The van der Waals surface area contributed by atoms with Gasteiger partial charge in [-0.2, -0.15) is 0 Å². The number of pyridine rings is 2. The second-order valence-corrected chi connectivity index (χ2v) is 24.4. The molecule has 91 heavy (non-hydrogen) atoms. The van der Waals surface area contributed by atoms with Crippen molar-refractivity contribution in [2.24, 2.45) is 11.5 Å². The molecule has 37 heteroatoms. The Balaban J connectivity index is 0.000000234. The first-order valence-electron chi connectivity index (χ1n) is 29.9. The summed E-state index contributed by atoms with van der Waals surface area (Å²) in [5, 5.41) is 23.6. The number of fused-ring (bicyclic) bond motifs is 3. The molecule has 14 fully saturated rings. The molecule has 493 valence electrons. The van der Waals surface area contributed by atoms with Crippen LogP contribution in [0.25, 0.3) is 11.4 Å². The zero-order valence-electron chi connectivity index (χ0n) is 50.2. The first-order valence-corrected chi connectivity index (χ1v) is 29.9. The zero-order chi connectivity index (χ0) is 63.1. The van der Waals surface area contributed by atoms with Gasteiger partial charge in [-0.3, -0.25) is 82.9 Å². The molecule has 17 rings (SSSR count). The van der Waals surface area contributed by atoms with Gasteiger partial charge in [0.15, 0.2) is 39.6 Å². The van der Waals surface area contributed by atoms with Crippen LogP contribution < -0.4 is 32.7 Å². The minimum Gasteiger partial charge on any atom is -0.486 e. The number of rotatable bonds is 15. The standard InChI is InChI=1S/C38H55N13O13.C14H10N6O2.2CH4N.Co/c1-33-35(44-19-61-20-45(35)28(53)41(33)16-59-15-40(33)27(44)52)9-3-6-12-39(13-7-4-10-36-34(2)42-17-60-18-43(34)30(55)47(36)22-62-21-46(36)29(42)54)14-8-5-11-37-38(58)50-25-64-26-51(38)32(57)49(37)24-63-23-48(37)31(50)56;21-11-17-13-7-3-1-5-15-9(7)10-8(4-2-6-16-10)14(13,19-11)20-12(22)18-13;2*1-2;/h58H,3-26H2,1-2H3;1-6H,(H2,17,19,21)(H2,18,20,22);2*1-2H2;/q;;2*-1;+2. The van der Waals surface area contributed by atoms with Crippen molar-refractivity contribution in [1.29, 1.82) is 0 Å². The second-order valence-electron chi connectivity index (χ2n) is 24.4. The number of aromatic nitrogens is 2. The van der Waals surface area contributed by atoms with Gasteiger partial charge in [-0.25, -0.2) is 38.4 Å². The molecule has 2 aromatic rings. The number of nitrogens with one attached hydrogen (secondary N) is 4. The maximum atomic E-state index is 13.8. The van der Waals surface area contributed by atoms with Crippen molar-refractivity contribution in [3.05, 3.63) is 61.9 Å². The molecule has 0 aromatic carbocycles. The molecule has 14 aliphatic heterocycles.